The number of hydrogen-bond acceptors (Lipinski definition) is 5. The third-order valence-corrected chi connectivity index (χ3v) is 4.22. The second-order valence-corrected chi connectivity index (χ2v) is 6.29. The van der Waals surface area contributed by atoms with Crippen molar-refractivity contribution in [3.63, 3.8) is 0 Å². The minimum Gasteiger partial charge on any atom is -0.491 e. The van der Waals surface area contributed by atoms with Crippen molar-refractivity contribution in [1.29, 1.82) is 0 Å². The summed E-state index contributed by atoms with van der Waals surface area (Å²) >= 11 is 12.3. The number of benzene rings is 2. The molecule has 1 N–H and O–H groups in total. The summed E-state index contributed by atoms with van der Waals surface area (Å²) in [5.41, 5.74) is 1.22. The molecule has 0 saturated carbocycles. The van der Waals surface area contributed by atoms with Gasteiger partial charge in [0.2, 0.25) is 5.91 Å². The molecule has 0 unspecified atom stereocenters. The summed E-state index contributed by atoms with van der Waals surface area (Å²) in [6.45, 7) is 2.28. The zero-order valence-corrected chi connectivity index (χ0v) is 17.1. The minimum absolute atomic E-state index is 0.273. The molecule has 28 heavy (non-hydrogen) atoms. The van der Waals surface area contributed by atoms with Crippen LogP contribution in [0.1, 0.15) is 22.8 Å². The van der Waals surface area contributed by atoms with Crippen molar-refractivity contribution in [2.24, 2.45) is 0 Å². The number of carbonyl (C=O) groups excluding carboxylic acids is 2. The molecule has 1 amide bonds. The van der Waals surface area contributed by atoms with Crippen LogP contribution in [0.15, 0.2) is 36.4 Å². The number of carbonyl (C=O) groups is 2. The SMILES string of the molecule is CCOc1cc(/C=C/C(=O)Nc2cc(C(=O)OC)ccc2Cl)cc(Cl)c1OC. The Labute approximate surface area is 173 Å². The van der Waals surface area contributed by atoms with Crippen molar-refractivity contribution in [3.8, 4) is 11.5 Å². The van der Waals surface area contributed by atoms with Gasteiger partial charge in [-0.1, -0.05) is 23.2 Å². The summed E-state index contributed by atoms with van der Waals surface area (Å²) in [6.07, 6.45) is 2.89. The number of anilines is 1. The number of hydrogen-bond donors (Lipinski definition) is 1. The molecule has 2 rings (SSSR count). The lowest BCUT2D eigenvalue weighted by Gasteiger charge is -2.11. The average Bonchev–Trinajstić information content (AvgIpc) is 2.67. The van der Waals surface area contributed by atoms with Gasteiger partial charge in [0.05, 0.1) is 42.1 Å². The molecule has 0 atom stereocenters. The Hall–Kier alpha value is -2.70. The molecular weight excluding hydrogens is 405 g/mol. The third-order valence-electron chi connectivity index (χ3n) is 3.61. The molecule has 0 saturated heterocycles. The lowest BCUT2D eigenvalue weighted by atomic mass is 10.1. The molecule has 0 aliphatic heterocycles. The van der Waals surface area contributed by atoms with Gasteiger partial charge in [0, 0.05) is 6.08 Å². The normalized spacial score (nSPS) is 10.6. The highest BCUT2D eigenvalue weighted by Crippen LogP contribution is 2.36. The maximum atomic E-state index is 12.2. The van der Waals surface area contributed by atoms with Gasteiger partial charge in [-0.05, 0) is 48.9 Å². The molecule has 8 heteroatoms. The summed E-state index contributed by atoms with van der Waals surface area (Å²) < 4.78 is 15.4. The summed E-state index contributed by atoms with van der Waals surface area (Å²) in [5, 5.41) is 3.28. The summed E-state index contributed by atoms with van der Waals surface area (Å²) in [5.74, 6) is -0.0595. The van der Waals surface area contributed by atoms with Gasteiger partial charge in [0.1, 0.15) is 0 Å². The summed E-state index contributed by atoms with van der Waals surface area (Å²) in [4.78, 5) is 23.9. The first-order valence-corrected chi connectivity index (χ1v) is 9.02. The fourth-order valence-corrected chi connectivity index (χ4v) is 2.82. The van der Waals surface area contributed by atoms with E-state index >= 15 is 0 Å². The van der Waals surface area contributed by atoms with Crippen LogP contribution < -0.4 is 14.8 Å². The molecule has 2 aromatic carbocycles. The highest BCUT2D eigenvalue weighted by atomic mass is 35.5. The standard InChI is InChI=1S/C20H19Cl2NO5/c1-4-28-17-10-12(9-15(22)19(17)26-2)5-8-18(24)23-16-11-13(20(25)27-3)6-7-14(16)21/h5-11H,4H2,1-3H3,(H,23,24)/b8-5+. The molecule has 0 aliphatic rings. The van der Waals surface area contributed by atoms with Crippen molar-refractivity contribution >= 4 is 46.8 Å². The molecule has 0 aliphatic carbocycles. The topological polar surface area (TPSA) is 73.9 Å². The van der Waals surface area contributed by atoms with Gasteiger partial charge in [0.15, 0.2) is 11.5 Å². The van der Waals surface area contributed by atoms with E-state index in [2.05, 4.69) is 10.1 Å². The van der Waals surface area contributed by atoms with Crippen LogP contribution in [-0.2, 0) is 9.53 Å². The fourth-order valence-electron chi connectivity index (χ4n) is 2.36. The third kappa shape index (κ3) is 5.41. The molecule has 2 aromatic rings. The molecule has 0 spiro atoms. The van der Waals surface area contributed by atoms with Gasteiger partial charge in [-0.25, -0.2) is 4.79 Å². The Morgan fingerprint density at radius 1 is 1.11 bits per heavy atom. The zero-order valence-electron chi connectivity index (χ0n) is 15.5. The number of nitrogens with one attached hydrogen (secondary N) is 1. The van der Waals surface area contributed by atoms with E-state index in [1.807, 2.05) is 6.92 Å². The average molecular weight is 424 g/mol. The highest BCUT2D eigenvalue weighted by Gasteiger charge is 2.12. The van der Waals surface area contributed by atoms with Crippen LogP contribution in [0, 0.1) is 0 Å². The van der Waals surface area contributed by atoms with Crippen LogP contribution in [0.2, 0.25) is 10.0 Å². The maximum Gasteiger partial charge on any atom is 0.337 e. The Bertz CT molecular complexity index is 912. The van der Waals surface area contributed by atoms with E-state index in [1.165, 1.54) is 38.5 Å². The lowest BCUT2D eigenvalue weighted by Crippen LogP contribution is -2.10. The Balaban J connectivity index is 2.19. The Kier molecular flexibility index (Phi) is 7.72. The van der Waals surface area contributed by atoms with Crippen LogP contribution in [0.25, 0.3) is 6.08 Å². The van der Waals surface area contributed by atoms with Crippen LogP contribution in [0.3, 0.4) is 0 Å². The first-order chi connectivity index (χ1) is 13.4. The fraction of sp³-hybridized carbons (Fsp3) is 0.200. The Morgan fingerprint density at radius 2 is 1.86 bits per heavy atom. The van der Waals surface area contributed by atoms with E-state index in [-0.39, 0.29) is 5.56 Å². The smallest absolute Gasteiger partial charge is 0.337 e. The number of rotatable bonds is 7. The summed E-state index contributed by atoms with van der Waals surface area (Å²) in [7, 11) is 2.77. The minimum atomic E-state index is -0.529. The second kappa shape index (κ2) is 10.0. The number of esters is 1. The van der Waals surface area contributed by atoms with Crippen LogP contribution in [0.4, 0.5) is 5.69 Å². The van der Waals surface area contributed by atoms with Crippen molar-refractivity contribution in [2.45, 2.75) is 6.92 Å². The van der Waals surface area contributed by atoms with Crippen LogP contribution in [-0.4, -0.2) is 32.7 Å². The van der Waals surface area contributed by atoms with Gasteiger partial charge in [-0.2, -0.15) is 0 Å². The van der Waals surface area contributed by atoms with Crippen molar-refractivity contribution in [2.75, 3.05) is 26.1 Å². The number of methoxy groups -OCH3 is 2. The molecule has 0 fully saturated rings. The number of ether oxygens (including phenoxy) is 3. The van der Waals surface area contributed by atoms with Crippen LogP contribution >= 0.6 is 23.2 Å². The molecule has 6 nitrogen and oxygen atoms in total. The van der Waals surface area contributed by atoms with Crippen molar-refractivity contribution < 1.29 is 23.8 Å². The second-order valence-electron chi connectivity index (χ2n) is 5.48. The first-order valence-electron chi connectivity index (χ1n) is 8.26. The van der Waals surface area contributed by atoms with Crippen LogP contribution in [0.5, 0.6) is 11.5 Å². The van der Waals surface area contributed by atoms with E-state index in [9.17, 15) is 9.59 Å². The van der Waals surface area contributed by atoms with Gasteiger partial charge in [-0.15, -0.1) is 0 Å². The van der Waals surface area contributed by atoms with E-state index in [4.69, 9.17) is 32.7 Å². The predicted molar refractivity (Wildman–Crippen MR) is 110 cm³/mol. The molecule has 148 valence electrons. The molecular formula is C20H19Cl2NO5. The van der Waals surface area contributed by atoms with Crippen molar-refractivity contribution in [1.82, 2.24) is 0 Å². The van der Waals surface area contributed by atoms with E-state index in [0.717, 1.165) is 0 Å². The van der Waals surface area contributed by atoms with E-state index in [1.54, 1.807) is 18.2 Å². The maximum absolute atomic E-state index is 12.2. The van der Waals surface area contributed by atoms with Crippen molar-refractivity contribution in [3.05, 3.63) is 57.6 Å². The Morgan fingerprint density at radius 3 is 2.50 bits per heavy atom. The van der Waals surface area contributed by atoms with E-state index < -0.39 is 11.9 Å². The molecule has 0 heterocycles. The largest absolute Gasteiger partial charge is 0.491 e. The predicted octanol–water partition coefficient (Wildman–Crippen LogP) is 4.84. The van der Waals surface area contributed by atoms with Gasteiger partial charge in [-0.3, -0.25) is 4.79 Å². The van der Waals surface area contributed by atoms with Gasteiger partial charge in [0.25, 0.3) is 0 Å². The number of halogens is 2. The zero-order chi connectivity index (χ0) is 20.7. The lowest BCUT2D eigenvalue weighted by molar-refractivity contribution is -0.111. The highest BCUT2D eigenvalue weighted by molar-refractivity contribution is 6.34. The summed E-state index contributed by atoms with van der Waals surface area (Å²) in [6, 6.07) is 7.82. The molecule has 0 radical (unpaired) electrons. The van der Waals surface area contributed by atoms with Gasteiger partial charge >= 0.3 is 5.97 Å². The quantitative estimate of drug-likeness (QED) is 0.509. The molecule has 0 bridgehead atoms. The molecule has 0 aromatic heterocycles. The van der Waals surface area contributed by atoms with E-state index in [0.29, 0.717) is 39.4 Å². The first kappa shape index (κ1) is 21.6. The monoisotopic (exact) mass is 423 g/mol. The number of amides is 1. The van der Waals surface area contributed by atoms with Gasteiger partial charge < -0.3 is 19.5 Å².